The number of nitriles is 1. The number of pyridine rings is 1. The fourth-order valence-corrected chi connectivity index (χ4v) is 3.37. The van der Waals surface area contributed by atoms with Crippen LogP contribution in [0.1, 0.15) is 18.4 Å². The maximum Gasteiger partial charge on any atom is 0.211 e. The molecule has 2 heterocycles. The second kappa shape index (κ2) is 6.08. The average Bonchev–Trinajstić information content (AvgIpc) is 2.40. The molecule has 1 aromatic heterocycles. The summed E-state index contributed by atoms with van der Waals surface area (Å²) in [5.74, 6) is 0.550. The molecule has 0 aromatic carbocycles. The molecule has 0 aliphatic carbocycles. The zero-order valence-corrected chi connectivity index (χ0v) is 13.4. The minimum Gasteiger partial charge on any atom is -0.366 e. The Morgan fingerprint density at radius 1 is 1.50 bits per heavy atom. The zero-order chi connectivity index (χ0) is 14.8. The van der Waals surface area contributed by atoms with E-state index in [0.29, 0.717) is 37.3 Å². The molecule has 0 radical (unpaired) electrons. The maximum absolute atomic E-state index is 11.4. The molecule has 0 bridgehead atoms. The number of nitrogens with one attached hydrogen (secondary N) is 1. The van der Waals surface area contributed by atoms with Gasteiger partial charge in [0.15, 0.2) is 0 Å². The van der Waals surface area contributed by atoms with Crippen LogP contribution in [-0.4, -0.2) is 43.1 Å². The van der Waals surface area contributed by atoms with E-state index in [-0.39, 0.29) is 6.04 Å². The molecule has 6 nitrogen and oxygen atoms in total. The van der Waals surface area contributed by atoms with Crippen LogP contribution in [0.3, 0.4) is 0 Å². The molecule has 0 saturated carbocycles. The molecule has 0 amide bonds. The summed E-state index contributed by atoms with van der Waals surface area (Å²) in [5, 5.41) is 12.3. The van der Waals surface area contributed by atoms with Crippen LogP contribution in [0, 0.1) is 11.3 Å². The lowest BCUT2D eigenvalue weighted by atomic mass is 10.1. The molecular formula is C12H15BrN4O2S. The maximum atomic E-state index is 11.4. The summed E-state index contributed by atoms with van der Waals surface area (Å²) in [4.78, 5) is 4.20. The van der Waals surface area contributed by atoms with E-state index in [1.165, 1.54) is 10.6 Å². The third-order valence-electron chi connectivity index (χ3n) is 3.24. The molecule has 2 rings (SSSR count). The van der Waals surface area contributed by atoms with E-state index in [9.17, 15) is 8.42 Å². The van der Waals surface area contributed by atoms with Crippen molar-refractivity contribution in [2.24, 2.45) is 0 Å². The molecule has 1 saturated heterocycles. The standard InChI is InChI=1S/C12H15BrN4O2S/c1-20(18,19)17-4-2-11(3-5-17)16-12-9(7-14)6-10(13)8-15-12/h6,8,11H,2-5H2,1H3,(H,15,16). The van der Waals surface area contributed by atoms with Gasteiger partial charge >= 0.3 is 0 Å². The largest absolute Gasteiger partial charge is 0.366 e. The van der Waals surface area contributed by atoms with E-state index in [1.807, 2.05) is 0 Å². The van der Waals surface area contributed by atoms with Crippen LogP contribution in [0.4, 0.5) is 5.82 Å². The second-order valence-corrected chi connectivity index (χ2v) is 7.64. The van der Waals surface area contributed by atoms with Gasteiger partial charge in [0.05, 0.1) is 11.8 Å². The van der Waals surface area contributed by atoms with E-state index in [2.05, 4.69) is 32.3 Å². The molecule has 0 spiro atoms. The number of aromatic nitrogens is 1. The molecule has 108 valence electrons. The minimum absolute atomic E-state index is 0.133. The van der Waals surface area contributed by atoms with Crippen molar-refractivity contribution in [2.45, 2.75) is 18.9 Å². The average molecular weight is 359 g/mol. The van der Waals surface area contributed by atoms with Crippen molar-refractivity contribution < 1.29 is 8.42 Å². The van der Waals surface area contributed by atoms with Crippen LogP contribution in [-0.2, 0) is 10.0 Å². The third kappa shape index (κ3) is 3.69. The Labute approximate surface area is 127 Å². The molecule has 1 aliphatic heterocycles. The monoisotopic (exact) mass is 358 g/mol. The Kier molecular flexibility index (Phi) is 4.62. The topological polar surface area (TPSA) is 86.1 Å². The Morgan fingerprint density at radius 2 is 2.15 bits per heavy atom. The predicted molar refractivity (Wildman–Crippen MR) is 79.7 cm³/mol. The summed E-state index contributed by atoms with van der Waals surface area (Å²) in [6.45, 7) is 0.990. The highest BCUT2D eigenvalue weighted by Gasteiger charge is 2.25. The van der Waals surface area contributed by atoms with Gasteiger partial charge in [-0.15, -0.1) is 0 Å². The van der Waals surface area contributed by atoms with Crippen molar-refractivity contribution in [3.05, 3.63) is 22.3 Å². The Bertz CT molecular complexity index is 633. The Balaban J connectivity index is 2.02. The number of anilines is 1. The lowest BCUT2D eigenvalue weighted by Crippen LogP contribution is -2.42. The lowest BCUT2D eigenvalue weighted by Gasteiger charge is -2.31. The highest BCUT2D eigenvalue weighted by Crippen LogP contribution is 2.21. The van der Waals surface area contributed by atoms with Gasteiger partial charge in [0.1, 0.15) is 11.9 Å². The molecule has 0 unspecified atom stereocenters. The summed E-state index contributed by atoms with van der Waals surface area (Å²) in [5.41, 5.74) is 0.477. The first-order valence-electron chi connectivity index (χ1n) is 6.17. The number of hydrogen-bond donors (Lipinski definition) is 1. The van der Waals surface area contributed by atoms with Gasteiger partial charge in [-0.1, -0.05) is 0 Å². The lowest BCUT2D eigenvalue weighted by molar-refractivity contribution is 0.331. The smallest absolute Gasteiger partial charge is 0.211 e. The number of piperidine rings is 1. The van der Waals surface area contributed by atoms with Gasteiger partial charge in [0.25, 0.3) is 0 Å². The zero-order valence-electron chi connectivity index (χ0n) is 11.0. The third-order valence-corrected chi connectivity index (χ3v) is 4.98. The van der Waals surface area contributed by atoms with Crippen LogP contribution in [0.15, 0.2) is 16.7 Å². The summed E-state index contributed by atoms with van der Waals surface area (Å²) < 4.78 is 25.1. The van der Waals surface area contributed by atoms with Crippen molar-refractivity contribution >= 4 is 31.8 Å². The van der Waals surface area contributed by atoms with Gasteiger partial charge in [-0.3, -0.25) is 0 Å². The summed E-state index contributed by atoms with van der Waals surface area (Å²) in [6, 6.07) is 3.94. The van der Waals surface area contributed by atoms with E-state index in [0.717, 1.165) is 4.47 Å². The van der Waals surface area contributed by atoms with Crippen LogP contribution >= 0.6 is 15.9 Å². The SMILES string of the molecule is CS(=O)(=O)N1CCC(Nc2ncc(Br)cc2C#N)CC1. The minimum atomic E-state index is -3.11. The first-order chi connectivity index (χ1) is 9.40. The molecule has 1 N–H and O–H groups in total. The first kappa shape index (κ1) is 15.2. The van der Waals surface area contributed by atoms with Gasteiger partial charge in [-0.2, -0.15) is 5.26 Å². The number of nitrogens with zero attached hydrogens (tertiary/aromatic N) is 3. The van der Waals surface area contributed by atoms with E-state index in [1.54, 1.807) is 12.3 Å². The molecule has 0 atom stereocenters. The van der Waals surface area contributed by atoms with E-state index >= 15 is 0 Å². The second-order valence-electron chi connectivity index (χ2n) is 4.74. The van der Waals surface area contributed by atoms with Crippen molar-refractivity contribution in [1.82, 2.24) is 9.29 Å². The molecule has 20 heavy (non-hydrogen) atoms. The molecular weight excluding hydrogens is 344 g/mol. The fraction of sp³-hybridized carbons (Fsp3) is 0.500. The summed E-state index contributed by atoms with van der Waals surface area (Å²) >= 11 is 3.28. The van der Waals surface area contributed by atoms with Gasteiger partial charge in [-0.05, 0) is 34.8 Å². The van der Waals surface area contributed by atoms with Crippen molar-refractivity contribution in [2.75, 3.05) is 24.7 Å². The highest BCUT2D eigenvalue weighted by molar-refractivity contribution is 9.10. The van der Waals surface area contributed by atoms with Crippen LogP contribution in [0.25, 0.3) is 0 Å². The number of hydrogen-bond acceptors (Lipinski definition) is 5. The van der Waals surface area contributed by atoms with Crippen molar-refractivity contribution in [1.29, 1.82) is 5.26 Å². The summed E-state index contributed by atoms with van der Waals surface area (Å²) in [7, 11) is -3.11. The number of rotatable bonds is 3. The van der Waals surface area contributed by atoms with Crippen LogP contribution in [0.2, 0.25) is 0 Å². The fourth-order valence-electron chi connectivity index (χ4n) is 2.16. The van der Waals surface area contributed by atoms with Crippen LogP contribution < -0.4 is 5.32 Å². The van der Waals surface area contributed by atoms with Crippen molar-refractivity contribution in [3.63, 3.8) is 0 Å². The van der Waals surface area contributed by atoms with Gasteiger partial charge in [0.2, 0.25) is 10.0 Å². The van der Waals surface area contributed by atoms with Gasteiger partial charge < -0.3 is 5.32 Å². The van der Waals surface area contributed by atoms with Gasteiger partial charge in [0, 0.05) is 29.8 Å². The van der Waals surface area contributed by atoms with Gasteiger partial charge in [-0.25, -0.2) is 17.7 Å². The molecule has 1 fully saturated rings. The van der Waals surface area contributed by atoms with Crippen LogP contribution in [0.5, 0.6) is 0 Å². The van der Waals surface area contributed by atoms with E-state index in [4.69, 9.17) is 5.26 Å². The molecule has 1 aliphatic rings. The molecule has 8 heteroatoms. The molecule has 1 aromatic rings. The summed E-state index contributed by atoms with van der Waals surface area (Å²) in [6.07, 6.45) is 4.27. The number of halogens is 1. The number of sulfonamides is 1. The quantitative estimate of drug-likeness (QED) is 0.885. The Morgan fingerprint density at radius 3 is 2.70 bits per heavy atom. The first-order valence-corrected chi connectivity index (χ1v) is 8.81. The Hall–Kier alpha value is -1.17. The van der Waals surface area contributed by atoms with Crippen molar-refractivity contribution in [3.8, 4) is 6.07 Å². The predicted octanol–water partition coefficient (Wildman–Crippen LogP) is 1.55. The normalized spacial score (nSPS) is 17.6. The highest BCUT2D eigenvalue weighted by atomic mass is 79.9. The van der Waals surface area contributed by atoms with E-state index < -0.39 is 10.0 Å².